The molecule has 0 saturated carbocycles. The maximum atomic E-state index is 13.9. The van der Waals surface area contributed by atoms with Crippen LogP contribution in [0.5, 0.6) is 5.75 Å². The number of ether oxygens (including phenoxy) is 1. The number of amides is 2. The van der Waals surface area contributed by atoms with Gasteiger partial charge < -0.3 is 15.0 Å². The van der Waals surface area contributed by atoms with Gasteiger partial charge in [-0.1, -0.05) is 6.07 Å². The average Bonchev–Trinajstić information content (AvgIpc) is 3.53. The van der Waals surface area contributed by atoms with E-state index in [0.29, 0.717) is 43.5 Å². The third kappa shape index (κ3) is 5.08. The van der Waals surface area contributed by atoms with Gasteiger partial charge in [-0.05, 0) is 62.4 Å². The number of halogens is 2. The van der Waals surface area contributed by atoms with Crippen molar-refractivity contribution < 1.29 is 31.5 Å². The zero-order valence-electron chi connectivity index (χ0n) is 20.2. The van der Waals surface area contributed by atoms with Crippen LogP contribution in [-0.2, 0) is 26.2 Å². The highest BCUT2D eigenvalue weighted by Crippen LogP contribution is 2.31. The van der Waals surface area contributed by atoms with E-state index < -0.39 is 45.6 Å². The predicted molar refractivity (Wildman–Crippen MR) is 128 cm³/mol. The lowest BCUT2D eigenvalue weighted by atomic mass is 10.1. The Kier molecular flexibility index (Phi) is 7.60. The second-order valence-corrected chi connectivity index (χ2v) is 10.9. The third-order valence-corrected chi connectivity index (χ3v) is 8.67. The fourth-order valence-electron chi connectivity index (χ4n) is 4.88. The Morgan fingerprint density at radius 1 is 1.06 bits per heavy atom. The van der Waals surface area contributed by atoms with Gasteiger partial charge in [-0.25, -0.2) is 17.2 Å². The van der Waals surface area contributed by atoms with Crippen LogP contribution < -0.4 is 10.1 Å². The lowest BCUT2D eigenvalue weighted by Crippen LogP contribution is -2.52. The van der Waals surface area contributed by atoms with Gasteiger partial charge >= 0.3 is 0 Å². The van der Waals surface area contributed by atoms with E-state index in [4.69, 9.17) is 4.74 Å². The highest BCUT2D eigenvalue weighted by atomic mass is 32.2. The first-order chi connectivity index (χ1) is 17.1. The first-order valence-electron chi connectivity index (χ1n) is 11.8. The van der Waals surface area contributed by atoms with Gasteiger partial charge in [0.15, 0.2) is 0 Å². The van der Waals surface area contributed by atoms with E-state index in [1.54, 1.807) is 13.0 Å². The number of hydrogen-bond donors (Lipinski definition) is 1. The van der Waals surface area contributed by atoms with Crippen LogP contribution in [0.3, 0.4) is 0 Å². The van der Waals surface area contributed by atoms with E-state index in [0.717, 1.165) is 12.1 Å². The summed E-state index contributed by atoms with van der Waals surface area (Å²) < 4.78 is 60.3. The van der Waals surface area contributed by atoms with Crippen LogP contribution >= 0.6 is 0 Å². The molecule has 0 radical (unpaired) electrons. The Morgan fingerprint density at radius 2 is 1.78 bits per heavy atom. The van der Waals surface area contributed by atoms with Gasteiger partial charge in [0.05, 0.1) is 12.0 Å². The van der Waals surface area contributed by atoms with Crippen LogP contribution in [0.1, 0.15) is 36.8 Å². The highest BCUT2D eigenvalue weighted by molar-refractivity contribution is 7.89. The summed E-state index contributed by atoms with van der Waals surface area (Å²) in [5.41, 5.74) is 0.790. The molecular weight excluding hydrogens is 492 g/mol. The van der Waals surface area contributed by atoms with Crippen molar-refractivity contribution in [1.82, 2.24) is 14.5 Å². The molecule has 2 heterocycles. The molecule has 2 fully saturated rings. The minimum absolute atomic E-state index is 0.0811. The molecule has 0 spiro atoms. The third-order valence-electron chi connectivity index (χ3n) is 6.77. The van der Waals surface area contributed by atoms with E-state index >= 15 is 0 Å². The molecule has 0 unspecified atom stereocenters. The van der Waals surface area contributed by atoms with E-state index in [2.05, 4.69) is 5.32 Å². The van der Waals surface area contributed by atoms with Crippen molar-refractivity contribution in [2.24, 2.45) is 0 Å². The summed E-state index contributed by atoms with van der Waals surface area (Å²) in [4.78, 5) is 27.9. The van der Waals surface area contributed by atoms with Crippen LogP contribution in [0.4, 0.5) is 8.78 Å². The number of likely N-dealkylation sites (tertiary alicyclic amines) is 1. The molecule has 0 aromatic heterocycles. The van der Waals surface area contributed by atoms with E-state index in [1.807, 2.05) is 0 Å². The maximum absolute atomic E-state index is 13.9. The second-order valence-electron chi connectivity index (χ2n) is 9.05. The largest absolute Gasteiger partial charge is 0.496 e. The molecule has 1 N–H and O–H groups in total. The standard InChI is InChI=1S/C25H29F2N3O5S/c1-16-13-19(9-10-23(16)35-2)36(33,34)30-12-4-6-22(30)25(32)29-11-3-5-21(29)24(31)28-15-17-7-8-18(26)14-20(17)27/h7-10,13-14,21-22H,3-6,11-12,15H2,1-2H3,(H,28,31)/t21-,22-/m0/s1. The number of carbonyl (C=O) groups excluding carboxylic acids is 2. The lowest BCUT2D eigenvalue weighted by Gasteiger charge is -2.30. The first kappa shape index (κ1) is 26.0. The minimum atomic E-state index is -3.94. The maximum Gasteiger partial charge on any atom is 0.243 e. The quantitative estimate of drug-likeness (QED) is 0.605. The molecule has 194 valence electrons. The Bertz CT molecular complexity index is 1270. The summed E-state index contributed by atoms with van der Waals surface area (Å²) in [6, 6.07) is 5.98. The highest BCUT2D eigenvalue weighted by Gasteiger charge is 2.44. The van der Waals surface area contributed by atoms with Crippen LogP contribution in [0.25, 0.3) is 0 Å². The van der Waals surface area contributed by atoms with Crippen molar-refractivity contribution in [2.45, 2.75) is 56.1 Å². The molecular formula is C25H29F2N3O5S. The number of nitrogens with one attached hydrogen (secondary N) is 1. The molecule has 4 rings (SSSR count). The molecule has 2 saturated heterocycles. The predicted octanol–water partition coefficient (Wildman–Crippen LogP) is 2.74. The lowest BCUT2D eigenvalue weighted by molar-refractivity contribution is -0.140. The van der Waals surface area contributed by atoms with Crippen LogP contribution in [0.2, 0.25) is 0 Å². The van der Waals surface area contributed by atoms with Crippen LogP contribution in [0, 0.1) is 18.6 Å². The first-order valence-corrected chi connectivity index (χ1v) is 13.3. The molecule has 8 nitrogen and oxygen atoms in total. The summed E-state index contributed by atoms with van der Waals surface area (Å²) in [6.45, 7) is 2.13. The van der Waals surface area contributed by atoms with Gasteiger partial charge in [-0.3, -0.25) is 9.59 Å². The molecule has 2 aromatic carbocycles. The molecule has 2 aromatic rings. The molecule has 2 atom stereocenters. The number of aryl methyl sites for hydroxylation is 1. The smallest absolute Gasteiger partial charge is 0.243 e. The Labute approximate surface area is 209 Å². The number of nitrogens with zero attached hydrogens (tertiary/aromatic N) is 2. The number of benzene rings is 2. The molecule has 0 bridgehead atoms. The minimum Gasteiger partial charge on any atom is -0.496 e. The van der Waals surface area contributed by atoms with Crippen molar-refractivity contribution >= 4 is 21.8 Å². The second kappa shape index (κ2) is 10.5. The zero-order chi connectivity index (χ0) is 26.0. The monoisotopic (exact) mass is 521 g/mol. The molecule has 11 heteroatoms. The molecule has 2 aliphatic rings. The summed E-state index contributed by atoms with van der Waals surface area (Å²) in [6.07, 6.45) is 1.89. The molecule has 0 aliphatic carbocycles. The van der Waals surface area contributed by atoms with Gasteiger partial charge in [0, 0.05) is 31.3 Å². The molecule has 2 amide bonds. The topological polar surface area (TPSA) is 96.0 Å². The summed E-state index contributed by atoms with van der Waals surface area (Å²) in [5.74, 6) is -1.78. The summed E-state index contributed by atoms with van der Waals surface area (Å²) >= 11 is 0. The van der Waals surface area contributed by atoms with Crippen LogP contribution in [-0.4, -0.2) is 61.7 Å². The summed E-state index contributed by atoms with van der Waals surface area (Å²) in [5, 5.41) is 2.62. The number of rotatable bonds is 7. The van der Waals surface area contributed by atoms with E-state index in [9.17, 15) is 26.8 Å². The van der Waals surface area contributed by atoms with Crippen LogP contribution in [0.15, 0.2) is 41.3 Å². The Hall–Kier alpha value is -3.05. The number of methoxy groups -OCH3 is 1. The normalized spacial score (nSPS) is 20.5. The van der Waals surface area contributed by atoms with Gasteiger partial charge in [-0.2, -0.15) is 4.31 Å². The van der Waals surface area contributed by atoms with Crippen molar-refractivity contribution in [3.8, 4) is 5.75 Å². The van der Waals surface area contributed by atoms with Crippen molar-refractivity contribution in [3.05, 3.63) is 59.2 Å². The molecule has 36 heavy (non-hydrogen) atoms. The average molecular weight is 522 g/mol. The SMILES string of the molecule is COc1ccc(S(=O)(=O)N2CCC[C@H]2C(=O)N2CCC[C@H]2C(=O)NCc2ccc(F)cc2F)cc1C. The van der Waals surface area contributed by atoms with Crippen molar-refractivity contribution in [1.29, 1.82) is 0 Å². The van der Waals surface area contributed by atoms with Gasteiger partial charge in [0.1, 0.15) is 29.5 Å². The van der Waals surface area contributed by atoms with E-state index in [-0.39, 0.29) is 23.5 Å². The van der Waals surface area contributed by atoms with Gasteiger partial charge in [-0.15, -0.1) is 0 Å². The Morgan fingerprint density at radius 3 is 2.47 bits per heavy atom. The number of sulfonamides is 1. The summed E-state index contributed by atoms with van der Waals surface area (Å²) in [7, 11) is -2.44. The fraction of sp³-hybridized carbons (Fsp3) is 0.440. The Balaban J connectivity index is 1.48. The van der Waals surface area contributed by atoms with E-state index in [1.165, 1.54) is 34.5 Å². The zero-order valence-corrected chi connectivity index (χ0v) is 21.0. The van der Waals surface area contributed by atoms with Gasteiger partial charge in [0.2, 0.25) is 21.8 Å². The number of carbonyl (C=O) groups is 2. The van der Waals surface area contributed by atoms with Crippen molar-refractivity contribution in [2.75, 3.05) is 20.2 Å². The molecule has 2 aliphatic heterocycles. The van der Waals surface area contributed by atoms with Crippen molar-refractivity contribution in [3.63, 3.8) is 0 Å². The van der Waals surface area contributed by atoms with Gasteiger partial charge in [0.25, 0.3) is 0 Å². The fourth-order valence-corrected chi connectivity index (χ4v) is 6.62. The number of hydrogen-bond acceptors (Lipinski definition) is 5.